The van der Waals surface area contributed by atoms with Crippen LogP contribution in [-0.4, -0.2) is 38.3 Å². The van der Waals surface area contributed by atoms with E-state index in [4.69, 9.17) is 4.74 Å². The lowest BCUT2D eigenvalue weighted by Crippen LogP contribution is -2.18. The van der Waals surface area contributed by atoms with Crippen molar-refractivity contribution in [2.45, 2.75) is 52.1 Å². The first kappa shape index (κ1) is 13.9. The van der Waals surface area contributed by atoms with E-state index in [1.165, 1.54) is 45.2 Å². The predicted molar refractivity (Wildman–Crippen MR) is 62.7 cm³/mol. The highest BCUT2D eigenvalue weighted by molar-refractivity contribution is 4.67. The summed E-state index contributed by atoms with van der Waals surface area (Å²) in [5.41, 5.74) is 0. The quantitative estimate of drug-likeness (QED) is 0.647. The Kier molecular flexibility index (Phi) is 9.42. The number of ether oxygens (including phenoxy) is 1. The summed E-state index contributed by atoms with van der Waals surface area (Å²) in [6.07, 6.45) is 7.39. The molecule has 0 radical (unpaired) electrons. The standard InChI is InChI=1S/C5H11N.C5H10O.C2H6/c1-6-4-2-3-5-6;1-6-5-3-2-4-5;1-2/h2-5H2,1H3;5H,2-4H2,1H3;1-2H3. The third-order valence-corrected chi connectivity index (χ3v) is 2.72. The molecule has 0 N–H and O–H groups in total. The van der Waals surface area contributed by atoms with Crippen molar-refractivity contribution in [2.75, 3.05) is 27.2 Å². The molecule has 1 aliphatic heterocycles. The van der Waals surface area contributed by atoms with Crippen molar-refractivity contribution in [1.29, 1.82) is 0 Å². The molecule has 86 valence electrons. The van der Waals surface area contributed by atoms with Crippen LogP contribution in [0.1, 0.15) is 46.0 Å². The van der Waals surface area contributed by atoms with Gasteiger partial charge in [-0.3, -0.25) is 0 Å². The average molecular weight is 201 g/mol. The SMILES string of the molecule is CC.CN1CCCC1.COC1CCC1. The third-order valence-electron chi connectivity index (χ3n) is 2.72. The number of hydrogen-bond acceptors (Lipinski definition) is 2. The molecule has 2 nitrogen and oxygen atoms in total. The minimum Gasteiger partial charge on any atom is -0.381 e. The van der Waals surface area contributed by atoms with Gasteiger partial charge in [0.2, 0.25) is 0 Å². The first-order valence-electron chi connectivity index (χ1n) is 6.04. The van der Waals surface area contributed by atoms with E-state index in [0.29, 0.717) is 6.10 Å². The molecular weight excluding hydrogens is 174 g/mol. The van der Waals surface area contributed by atoms with Gasteiger partial charge >= 0.3 is 0 Å². The molecule has 0 aromatic rings. The van der Waals surface area contributed by atoms with E-state index >= 15 is 0 Å². The van der Waals surface area contributed by atoms with Crippen LogP contribution >= 0.6 is 0 Å². The lowest BCUT2D eigenvalue weighted by molar-refractivity contribution is 0.0412. The van der Waals surface area contributed by atoms with E-state index in [-0.39, 0.29) is 0 Å². The zero-order valence-electron chi connectivity index (χ0n) is 10.4. The van der Waals surface area contributed by atoms with Gasteiger partial charge in [0.15, 0.2) is 0 Å². The summed E-state index contributed by atoms with van der Waals surface area (Å²) < 4.78 is 4.99. The van der Waals surface area contributed by atoms with E-state index in [0.717, 1.165) is 0 Å². The number of methoxy groups -OCH3 is 1. The molecule has 0 bridgehead atoms. The minimum atomic E-state index is 0.616. The molecular formula is C12H27NO. The van der Waals surface area contributed by atoms with Crippen LogP contribution in [0.25, 0.3) is 0 Å². The molecule has 0 atom stereocenters. The van der Waals surface area contributed by atoms with Crippen molar-refractivity contribution in [1.82, 2.24) is 4.90 Å². The molecule has 2 fully saturated rings. The fraction of sp³-hybridized carbons (Fsp3) is 1.00. The average Bonchev–Trinajstić information content (AvgIpc) is 2.59. The second kappa shape index (κ2) is 9.47. The summed E-state index contributed by atoms with van der Waals surface area (Å²) in [6.45, 7) is 6.64. The summed E-state index contributed by atoms with van der Waals surface area (Å²) >= 11 is 0. The first-order chi connectivity index (χ1) is 6.83. The lowest BCUT2D eigenvalue weighted by Gasteiger charge is -2.22. The van der Waals surface area contributed by atoms with Gasteiger partial charge in [-0.1, -0.05) is 13.8 Å². The van der Waals surface area contributed by atoms with Crippen molar-refractivity contribution in [3.05, 3.63) is 0 Å². The van der Waals surface area contributed by atoms with E-state index in [2.05, 4.69) is 11.9 Å². The van der Waals surface area contributed by atoms with E-state index in [9.17, 15) is 0 Å². The van der Waals surface area contributed by atoms with Crippen LogP contribution in [0.2, 0.25) is 0 Å². The zero-order valence-corrected chi connectivity index (χ0v) is 10.4. The molecule has 0 aromatic carbocycles. The van der Waals surface area contributed by atoms with Gasteiger partial charge in [0.1, 0.15) is 0 Å². The maximum atomic E-state index is 4.99. The fourth-order valence-corrected chi connectivity index (χ4v) is 1.48. The second-order valence-corrected chi connectivity index (χ2v) is 3.80. The van der Waals surface area contributed by atoms with Gasteiger partial charge in [0.25, 0.3) is 0 Å². The van der Waals surface area contributed by atoms with Crippen LogP contribution in [0.3, 0.4) is 0 Å². The monoisotopic (exact) mass is 201 g/mol. The Morgan fingerprint density at radius 1 is 1.00 bits per heavy atom. The number of rotatable bonds is 1. The lowest BCUT2D eigenvalue weighted by atomic mass is 9.96. The summed E-state index contributed by atoms with van der Waals surface area (Å²) in [6, 6.07) is 0. The molecule has 0 spiro atoms. The highest BCUT2D eigenvalue weighted by Crippen LogP contribution is 2.20. The first-order valence-corrected chi connectivity index (χ1v) is 6.04. The molecule has 1 saturated heterocycles. The van der Waals surface area contributed by atoms with Crippen molar-refractivity contribution >= 4 is 0 Å². The van der Waals surface area contributed by atoms with E-state index < -0.39 is 0 Å². The molecule has 1 aliphatic carbocycles. The third kappa shape index (κ3) is 6.39. The van der Waals surface area contributed by atoms with Gasteiger partial charge in [-0.05, 0) is 52.2 Å². The Morgan fingerprint density at radius 2 is 1.50 bits per heavy atom. The van der Waals surface area contributed by atoms with Gasteiger partial charge in [0.05, 0.1) is 6.10 Å². The Bertz CT molecular complexity index is 104. The van der Waals surface area contributed by atoms with Crippen LogP contribution in [0.4, 0.5) is 0 Å². The van der Waals surface area contributed by atoms with Gasteiger partial charge in [0, 0.05) is 7.11 Å². The molecule has 0 aromatic heterocycles. The van der Waals surface area contributed by atoms with Gasteiger partial charge < -0.3 is 9.64 Å². The Balaban J connectivity index is 0.000000206. The predicted octanol–water partition coefficient (Wildman–Crippen LogP) is 2.92. The smallest absolute Gasteiger partial charge is 0.0571 e. The topological polar surface area (TPSA) is 12.5 Å². The van der Waals surface area contributed by atoms with Crippen LogP contribution in [0, 0.1) is 0 Å². The van der Waals surface area contributed by atoms with Gasteiger partial charge in [-0.2, -0.15) is 0 Å². The Hall–Kier alpha value is -0.0800. The largest absolute Gasteiger partial charge is 0.381 e. The number of likely N-dealkylation sites (tertiary alicyclic amines) is 1. The van der Waals surface area contributed by atoms with Crippen LogP contribution in [-0.2, 0) is 4.74 Å². The Labute approximate surface area is 89.6 Å². The van der Waals surface area contributed by atoms with Gasteiger partial charge in [-0.15, -0.1) is 0 Å². The van der Waals surface area contributed by atoms with Gasteiger partial charge in [-0.25, -0.2) is 0 Å². The molecule has 2 rings (SSSR count). The normalized spacial score (nSPS) is 21.4. The highest BCUT2D eigenvalue weighted by atomic mass is 16.5. The second-order valence-electron chi connectivity index (χ2n) is 3.80. The molecule has 1 saturated carbocycles. The summed E-state index contributed by atoms with van der Waals surface area (Å²) in [7, 11) is 3.96. The summed E-state index contributed by atoms with van der Waals surface area (Å²) in [4.78, 5) is 2.36. The highest BCUT2D eigenvalue weighted by Gasteiger charge is 2.14. The minimum absolute atomic E-state index is 0.616. The Morgan fingerprint density at radius 3 is 1.57 bits per heavy atom. The number of hydrogen-bond donors (Lipinski definition) is 0. The fourth-order valence-electron chi connectivity index (χ4n) is 1.48. The van der Waals surface area contributed by atoms with Crippen molar-refractivity contribution in [2.24, 2.45) is 0 Å². The summed E-state index contributed by atoms with van der Waals surface area (Å²) in [5, 5.41) is 0. The van der Waals surface area contributed by atoms with Crippen molar-refractivity contribution in [3.63, 3.8) is 0 Å². The van der Waals surface area contributed by atoms with Crippen LogP contribution in [0.5, 0.6) is 0 Å². The van der Waals surface area contributed by atoms with Crippen molar-refractivity contribution < 1.29 is 4.74 Å². The molecule has 0 unspecified atom stereocenters. The number of nitrogens with zero attached hydrogens (tertiary/aromatic N) is 1. The van der Waals surface area contributed by atoms with Crippen molar-refractivity contribution in [3.8, 4) is 0 Å². The van der Waals surface area contributed by atoms with Crippen LogP contribution < -0.4 is 0 Å². The summed E-state index contributed by atoms with van der Waals surface area (Å²) in [5.74, 6) is 0. The molecule has 2 aliphatic rings. The van der Waals surface area contributed by atoms with E-state index in [1.807, 2.05) is 13.8 Å². The molecule has 1 heterocycles. The van der Waals surface area contributed by atoms with Crippen LogP contribution in [0.15, 0.2) is 0 Å². The molecule has 0 amide bonds. The molecule has 14 heavy (non-hydrogen) atoms. The zero-order chi connectivity index (χ0) is 10.8. The maximum absolute atomic E-state index is 4.99. The van der Waals surface area contributed by atoms with E-state index in [1.54, 1.807) is 7.11 Å². The molecule has 2 heteroatoms. The maximum Gasteiger partial charge on any atom is 0.0571 e.